The first-order valence-electron chi connectivity index (χ1n) is 13.7. The molecule has 0 spiro atoms. The molecule has 1 saturated carbocycles. The zero-order chi connectivity index (χ0) is 26.5. The molecule has 3 heterocycles. The molecule has 3 aromatic carbocycles. The Morgan fingerprint density at radius 3 is 2.38 bits per heavy atom. The molecule has 2 saturated heterocycles. The number of piperidine rings is 1. The van der Waals surface area contributed by atoms with Crippen molar-refractivity contribution in [2.24, 2.45) is 0 Å². The molecule has 8 heteroatoms. The molecule has 2 bridgehead atoms. The molecule has 0 radical (unpaired) electrons. The molecule has 3 fully saturated rings. The summed E-state index contributed by atoms with van der Waals surface area (Å²) in [5.74, 6) is 1.26. The molecular weight excluding hydrogens is 533 g/mol. The van der Waals surface area contributed by atoms with Crippen molar-refractivity contribution in [2.45, 2.75) is 69.2 Å². The second-order valence-corrected chi connectivity index (χ2v) is 11.7. The predicted octanol–water partition coefficient (Wildman–Crippen LogP) is 8.42. The summed E-state index contributed by atoms with van der Waals surface area (Å²) in [4.78, 5) is 15.4. The first-order chi connectivity index (χ1) is 19.0. The van der Waals surface area contributed by atoms with Crippen LogP contribution in [-0.4, -0.2) is 34.3 Å². The molecule has 2 unspecified atom stereocenters. The van der Waals surface area contributed by atoms with Crippen molar-refractivity contribution in [2.75, 3.05) is 5.32 Å². The van der Waals surface area contributed by atoms with Crippen molar-refractivity contribution < 1.29 is 14.1 Å². The van der Waals surface area contributed by atoms with Gasteiger partial charge in [0.2, 0.25) is 0 Å². The third-order valence-electron chi connectivity index (χ3n) is 8.35. The van der Waals surface area contributed by atoms with Gasteiger partial charge in [-0.05, 0) is 73.6 Å². The van der Waals surface area contributed by atoms with E-state index >= 15 is 0 Å². The van der Waals surface area contributed by atoms with Crippen molar-refractivity contribution in [1.82, 2.24) is 10.1 Å². The fourth-order valence-electron chi connectivity index (χ4n) is 6.30. The van der Waals surface area contributed by atoms with Crippen molar-refractivity contribution in [3.05, 3.63) is 82.0 Å². The topological polar surface area (TPSA) is 67.6 Å². The number of hydrogen-bond acceptors (Lipinski definition) is 4. The number of hydrogen-bond donors (Lipinski definition) is 1. The highest BCUT2D eigenvalue weighted by molar-refractivity contribution is 6.39. The maximum Gasteiger partial charge on any atom is 0.322 e. The van der Waals surface area contributed by atoms with Crippen molar-refractivity contribution in [1.29, 1.82) is 0 Å². The van der Waals surface area contributed by atoms with Gasteiger partial charge >= 0.3 is 6.03 Å². The monoisotopic (exact) mass is 561 g/mol. The van der Waals surface area contributed by atoms with Gasteiger partial charge in [-0.2, -0.15) is 0 Å². The van der Waals surface area contributed by atoms with Crippen LogP contribution >= 0.6 is 23.2 Å². The van der Waals surface area contributed by atoms with Crippen molar-refractivity contribution in [3.8, 4) is 11.3 Å². The standard InChI is InChI=1S/C31H29Cl2N3O3/c32-26-6-3-7-27(33)28(26)29-25(30(39-35-29)19-8-9-19)17-38-24-15-22-12-13-23(16-24)36(22)31(37)34-21-11-10-18-4-1-2-5-20(18)14-21/h1-7,10-11,14,19,22-24H,8-9,12-13,15-17H2,(H,34,37)/t22-,23?,24?/m0/s1. The SMILES string of the molecule is O=C(Nc1ccc2ccccc2c1)N1C2CC[C@H]1CC(OCc1c(-c3c(Cl)cccc3Cl)noc1C1CC1)C2. The number of benzene rings is 3. The maximum absolute atomic E-state index is 13.3. The van der Waals surface area contributed by atoms with E-state index in [4.69, 9.17) is 32.5 Å². The molecule has 200 valence electrons. The lowest BCUT2D eigenvalue weighted by atomic mass is 9.99. The Morgan fingerprint density at radius 1 is 0.949 bits per heavy atom. The second kappa shape index (κ2) is 10.2. The van der Waals surface area contributed by atoms with Crippen LogP contribution in [0.2, 0.25) is 10.0 Å². The number of carbonyl (C=O) groups excluding carboxylic acids is 1. The molecule has 3 aliphatic rings. The maximum atomic E-state index is 13.3. The van der Waals surface area contributed by atoms with Crippen LogP contribution < -0.4 is 5.32 Å². The number of halogens is 2. The highest BCUT2D eigenvalue weighted by Gasteiger charge is 2.44. The Morgan fingerprint density at radius 2 is 1.67 bits per heavy atom. The van der Waals surface area contributed by atoms with E-state index in [0.29, 0.717) is 33.8 Å². The summed E-state index contributed by atoms with van der Waals surface area (Å²) in [6, 6.07) is 20.0. The molecule has 2 amide bonds. The summed E-state index contributed by atoms with van der Waals surface area (Å²) < 4.78 is 12.3. The average Bonchev–Trinajstić information content (AvgIpc) is 3.64. The summed E-state index contributed by atoms with van der Waals surface area (Å²) in [6.07, 6.45) is 5.86. The predicted molar refractivity (Wildman–Crippen MR) is 153 cm³/mol. The molecular formula is C31H29Cl2N3O3. The molecule has 1 N–H and O–H groups in total. The molecule has 39 heavy (non-hydrogen) atoms. The Kier molecular flexibility index (Phi) is 6.50. The van der Waals surface area contributed by atoms with Crippen LogP contribution in [0, 0.1) is 0 Å². The van der Waals surface area contributed by atoms with E-state index in [1.807, 2.05) is 53.4 Å². The van der Waals surface area contributed by atoms with E-state index in [2.05, 4.69) is 22.6 Å². The lowest BCUT2D eigenvalue weighted by molar-refractivity contribution is -0.0158. The molecule has 4 aromatic rings. The van der Waals surface area contributed by atoms with Crippen LogP contribution in [0.1, 0.15) is 55.8 Å². The number of aromatic nitrogens is 1. The van der Waals surface area contributed by atoms with Gasteiger partial charge in [0.25, 0.3) is 0 Å². The van der Waals surface area contributed by atoms with Gasteiger partial charge in [0, 0.05) is 34.8 Å². The zero-order valence-electron chi connectivity index (χ0n) is 21.4. The van der Waals surface area contributed by atoms with E-state index < -0.39 is 0 Å². The van der Waals surface area contributed by atoms with Gasteiger partial charge in [0.1, 0.15) is 11.5 Å². The van der Waals surface area contributed by atoms with Crippen LogP contribution in [0.3, 0.4) is 0 Å². The number of urea groups is 1. The van der Waals surface area contributed by atoms with Crippen LogP contribution in [0.25, 0.3) is 22.0 Å². The van der Waals surface area contributed by atoms with E-state index in [1.54, 1.807) is 0 Å². The van der Waals surface area contributed by atoms with Gasteiger partial charge in [0.15, 0.2) is 0 Å². The van der Waals surface area contributed by atoms with Crippen LogP contribution in [-0.2, 0) is 11.3 Å². The Bertz CT molecular complexity index is 1520. The van der Waals surface area contributed by atoms with E-state index in [9.17, 15) is 4.79 Å². The normalized spacial score (nSPS) is 22.4. The first kappa shape index (κ1) is 24.9. The van der Waals surface area contributed by atoms with Crippen LogP contribution in [0.4, 0.5) is 10.5 Å². The largest absolute Gasteiger partial charge is 0.373 e. The minimum Gasteiger partial charge on any atom is -0.373 e. The molecule has 3 atom stereocenters. The number of amides is 2. The fraction of sp³-hybridized carbons (Fsp3) is 0.355. The zero-order valence-corrected chi connectivity index (χ0v) is 22.9. The molecule has 2 aliphatic heterocycles. The number of nitrogens with zero attached hydrogens (tertiary/aromatic N) is 2. The van der Waals surface area contributed by atoms with Gasteiger partial charge in [0.05, 0.1) is 22.8 Å². The van der Waals surface area contributed by atoms with E-state index in [0.717, 1.165) is 66.3 Å². The smallest absolute Gasteiger partial charge is 0.322 e. The lowest BCUT2D eigenvalue weighted by Gasteiger charge is -2.38. The minimum absolute atomic E-state index is 0.0260. The van der Waals surface area contributed by atoms with E-state index in [-0.39, 0.29) is 24.2 Å². The average molecular weight is 562 g/mol. The van der Waals surface area contributed by atoms with Gasteiger partial charge in [-0.3, -0.25) is 0 Å². The quantitative estimate of drug-likeness (QED) is 0.256. The number of ether oxygens (including phenoxy) is 1. The Hall–Kier alpha value is -3.06. The van der Waals surface area contributed by atoms with Crippen LogP contribution in [0.15, 0.2) is 65.2 Å². The summed E-state index contributed by atoms with van der Waals surface area (Å²) in [5.41, 5.74) is 3.12. The Labute approximate surface area is 237 Å². The summed E-state index contributed by atoms with van der Waals surface area (Å²) in [6.45, 7) is 0.389. The highest BCUT2D eigenvalue weighted by Crippen LogP contribution is 2.46. The Balaban J connectivity index is 1.05. The fourth-order valence-corrected chi connectivity index (χ4v) is 6.88. The van der Waals surface area contributed by atoms with Gasteiger partial charge in [-0.25, -0.2) is 4.79 Å². The van der Waals surface area contributed by atoms with Gasteiger partial charge in [-0.15, -0.1) is 0 Å². The molecule has 6 nitrogen and oxygen atoms in total. The third kappa shape index (κ3) is 4.79. The highest BCUT2D eigenvalue weighted by atomic mass is 35.5. The summed E-state index contributed by atoms with van der Waals surface area (Å²) in [7, 11) is 0. The first-order valence-corrected chi connectivity index (χ1v) is 14.4. The second-order valence-electron chi connectivity index (χ2n) is 10.9. The van der Waals surface area contributed by atoms with Crippen LogP contribution in [0.5, 0.6) is 0 Å². The number of fused-ring (bicyclic) bond motifs is 3. The van der Waals surface area contributed by atoms with Crippen molar-refractivity contribution >= 4 is 45.7 Å². The molecule has 1 aromatic heterocycles. The van der Waals surface area contributed by atoms with Gasteiger partial charge in [-0.1, -0.05) is 64.8 Å². The number of anilines is 1. The minimum atomic E-state index is -0.0260. The number of rotatable bonds is 6. The third-order valence-corrected chi connectivity index (χ3v) is 8.98. The lowest BCUT2D eigenvalue weighted by Crippen LogP contribution is -2.50. The number of nitrogens with one attached hydrogen (secondary N) is 1. The van der Waals surface area contributed by atoms with Gasteiger partial charge < -0.3 is 19.5 Å². The summed E-state index contributed by atoms with van der Waals surface area (Å²) in [5, 5.41) is 10.9. The number of carbonyl (C=O) groups is 1. The molecule has 7 rings (SSSR count). The molecule has 1 aliphatic carbocycles. The summed E-state index contributed by atoms with van der Waals surface area (Å²) >= 11 is 13.0. The van der Waals surface area contributed by atoms with Crippen molar-refractivity contribution in [3.63, 3.8) is 0 Å². The van der Waals surface area contributed by atoms with E-state index in [1.165, 1.54) is 0 Å².